The Bertz CT molecular complexity index is 665. The maximum absolute atomic E-state index is 12.4. The summed E-state index contributed by atoms with van der Waals surface area (Å²) in [7, 11) is 0. The summed E-state index contributed by atoms with van der Waals surface area (Å²) in [6, 6.07) is 0. The molecule has 5 fully saturated rings. The van der Waals surface area contributed by atoms with E-state index in [0.717, 1.165) is 12.8 Å². The van der Waals surface area contributed by atoms with Crippen molar-refractivity contribution >= 4 is 11.9 Å². The van der Waals surface area contributed by atoms with Crippen LogP contribution in [0.25, 0.3) is 0 Å². The van der Waals surface area contributed by atoms with Crippen molar-refractivity contribution in [3.8, 4) is 0 Å². The topological polar surface area (TPSA) is 103 Å². The first-order chi connectivity index (χ1) is 13.1. The zero-order valence-corrected chi connectivity index (χ0v) is 16.8. The highest BCUT2D eigenvalue weighted by molar-refractivity contribution is 5.83. The van der Waals surface area contributed by atoms with Gasteiger partial charge >= 0.3 is 11.9 Å². The summed E-state index contributed by atoms with van der Waals surface area (Å²) in [5.41, 5.74) is -2.46. The molecule has 0 aromatic carbocycles. The molecule has 8 atom stereocenters. The molecule has 0 bridgehead atoms. The van der Waals surface area contributed by atoms with Gasteiger partial charge in [-0.3, -0.25) is 0 Å². The molecule has 0 aromatic heterocycles. The molecule has 8 nitrogen and oxygen atoms in total. The Hall–Kier alpha value is -1.22. The van der Waals surface area contributed by atoms with Crippen LogP contribution in [-0.2, 0) is 38.0 Å². The summed E-state index contributed by atoms with van der Waals surface area (Å²) < 4.78 is 33.7. The summed E-state index contributed by atoms with van der Waals surface area (Å²) in [4.78, 5) is 24.9. The first kappa shape index (κ1) is 18.8. The largest absolute Gasteiger partial charge is 0.461 e. The quantitative estimate of drug-likeness (QED) is 0.446. The average molecular weight is 396 g/mol. The molecular formula is C20H28O8. The third-order valence-electron chi connectivity index (χ3n) is 7.31. The number of carbonyl (C=O) groups excluding carboxylic acids is 2. The van der Waals surface area contributed by atoms with Crippen molar-refractivity contribution in [3.05, 3.63) is 0 Å². The number of fused-ring (bicyclic) bond motifs is 4. The molecule has 5 rings (SSSR count). The Morgan fingerprint density at radius 2 is 1.04 bits per heavy atom. The Kier molecular flexibility index (Phi) is 3.81. The zero-order valence-electron chi connectivity index (χ0n) is 16.8. The van der Waals surface area contributed by atoms with E-state index in [0.29, 0.717) is 12.8 Å². The van der Waals surface area contributed by atoms with Crippen molar-refractivity contribution < 1.29 is 38.0 Å². The van der Waals surface area contributed by atoms with Gasteiger partial charge in [0.15, 0.2) is 11.2 Å². The summed E-state index contributed by atoms with van der Waals surface area (Å²) >= 11 is 0. The van der Waals surface area contributed by atoms with Crippen LogP contribution in [0.15, 0.2) is 0 Å². The second kappa shape index (κ2) is 5.68. The molecule has 5 saturated heterocycles. The van der Waals surface area contributed by atoms with Gasteiger partial charge in [-0.25, -0.2) is 9.59 Å². The van der Waals surface area contributed by atoms with Gasteiger partial charge in [0.1, 0.15) is 25.4 Å². The molecule has 156 valence electrons. The fourth-order valence-electron chi connectivity index (χ4n) is 4.42. The number of esters is 2. The van der Waals surface area contributed by atoms with E-state index in [9.17, 15) is 9.59 Å². The van der Waals surface area contributed by atoms with Crippen LogP contribution >= 0.6 is 0 Å². The lowest BCUT2D eigenvalue weighted by Gasteiger charge is -2.11. The lowest BCUT2D eigenvalue weighted by molar-refractivity contribution is -0.150. The highest BCUT2D eigenvalue weighted by Gasteiger charge is 2.64. The fraction of sp³-hybridized carbons (Fsp3) is 0.900. The number of hydrogen-bond acceptors (Lipinski definition) is 8. The van der Waals surface area contributed by atoms with E-state index >= 15 is 0 Å². The third-order valence-corrected chi connectivity index (χ3v) is 7.31. The predicted octanol–water partition coefficient (Wildman–Crippen LogP) is 1.28. The first-order valence-corrected chi connectivity index (χ1v) is 10.1. The average Bonchev–Trinajstić information content (AvgIpc) is 3.55. The van der Waals surface area contributed by atoms with Gasteiger partial charge in [-0.1, -0.05) is 0 Å². The monoisotopic (exact) mass is 396 g/mol. The minimum Gasteiger partial charge on any atom is -0.461 e. The van der Waals surface area contributed by atoms with Crippen LogP contribution < -0.4 is 0 Å². The van der Waals surface area contributed by atoms with E-state index in [-0.39, 0.29) is 60.8 Å². The van der Waals surface area contributed by atoms with Crippen molar-refractivity contribution in [2.24, 2.45) is 0 Å². The number of cyclic esters (lactones) is 2. The van der Waals surface area contributed by atoms with Gasteiger partial charge in [0.2, 0.25) is 0 Å². The fourth-order valence-corrected chi connectivity index (χ4v) is 4.42. The summed E-state index contributed by atoms with van der Waals surface area (Å²) in [6.45, 7) is 7.96. The zero-order chi connectivity index (χ0) is 19.9. The van der Waals surface area contributed by atoms with Crippen molar-refractivity contribution in [1.82, 2.24) is 0 Å². The SMILES string of the molecule is C[C@@]12CC[C@H]3O[C@]3(C)C(=O)OC[C@@H]3O[C@@]3(C)CC[C@H]3O[C@]3(C)C(=O)OC[C@H]1O2. The van der Waals surface area contributed by atoms with Gasteiger partial charge in [0, 0.05) is 0 Å². The highest BCUT2D eigenvalue weighted by Crippen LogP contribution is 2.49. The lowest BCUT2D eigenvalue weighted by Crippen LogP contribution is -2.30. The standard InChI is InChI=1S/C20H28O8/c1-17-7-5-11-19(3,27-11)16(22)24-10-14-18(2,26-14)8-6-12-20(4,28-12)15(21)23-9-13(17)25-17/h11-14H,5-10H2,1-4H3/t11-,12-,13-,14+,17-,18+,19+,20+/m1/s1. The van der Waals surface area contributed by atoms with E-state index in [1.54, 1.807) is 13.8 Å². The second-order valence-corrected chi connectivity index (χ2v) is 9.54. The van der Waals surface area contributed by atoms with Gasteiger partial charge in [0.25, 0.3) is 0 Å². The number of carbonyl (C=O) groups is 2. The van der Waals surface area contributed by atoms with Crippen LogP contribution in [0.4, 0.5) is 0 Å². The molecule has 0 saturated carbocycles. The Balaban J connectivity index is 1.25. The van der Waals surface area contributed by atoms with E-state index in [2.05, 4.69) is 0 Å². The van der Waals surface area contributed by atoms with Crippen molar-refractivity contribution in [2.75, 3.05) is 13.2 Å². The van der Waals surface area contributed by atoms with Gasteiger partial charge in [0.05, 0.1) is 23.4 Å². The Morgan fingerprint density at radius 3 is 1.43 bits per heavy atom. The summed E-state index contributed by atoms with van der Waals surface area (Å²) in [6.07, 6.45) is 2.22. The molecule has 0 unspecified atom stereocenters. The molecule has 0 amide bonds. The van der Waals surface area contributed by atoms with Gasteiger partial charge in [-0.05, 0) is 53.4 Å². The molecule has 0 aromatic rings. The van der Waals surface area contributed by atoms with Crippen molar-refractivity contribution in [2.45, 2.75) is 100 Å². The normalized spacial score (nSPS) is 55.7. The van der Waals surface area contributed by atoms with E-state index in [1.807, 2.05) is 13.8 Å². The minimum absolute atomic E-state index is 0.132. The smallest absolute Gasteiger partial charge is 0.340 e. The molecule has 0 aliphatic carbocycles. The Labute approximate surface area is 164 Å². The van der Waals surface area contributed by atoms with E-state index < -0.39 is 11.2 Å². The van der Waals surface area contributed by atoms with Gasteiger partial charge in [-0.15, -0.1) is 0 Å². The van der Waals surface area contributed by atoms with Crippen LogP contribution in [0, 0.1) is 0 Å². The van der Waals surface area contributed by atoms with Crippen LogP contribution in [0.5, 0.6) is 0 Å². The van der Waals surface area contributed by atoms with E-state index in [4.69, 9.17) is 28.4 Å². The maximum Gasteiger partial charge on any atom is 0.340 e. The van der Waals surface area contributed by atoms with Crippen molar-refractivity contribution in [3.63, 3.8) is 0 Å². The molecule has 0 N–H and O–H groups in total. The van der Waals surface area contributed by atoms with Gasteiger partial charge < -0.3 is 28.4 Å². The van der Waals surface area contributed by atoms with Crippen LogP contribution in [0.2, 0.25) is 0 Å². The summed E-state index contributed by atoms with van der Waals surface area (Å²) in [5.74, 6) is -0.663. The minimum atomic E-state index is -0.881. The molecular weight excluding hydrogens is 368 g/mol. The molecule has 0 spiro atoms. The second-order valence-electron chi connectivity index (χ2n) is 9.54. The maximum atomic E-state index is 12.4. The third kappa shape index (κ3) is 2.96. The Morgan fingerprint density at radius 1 is 0.643 bits per heavy atom. The predicted molar refractivity (Wildman–Crippen MR) is 93.5 cm³/mol. The molecule has 5 aliphatic heterocycles. The van der Waals surface area contributed by atoms with Crippen LogP contribution in [0.3, 0.4) is 0 Å². The van der Waals surface area contributed by atoms with Crippen LogP contribution in [0.1, 0.15) is 53.4 Å². The van der Waals surface area contributed by atoms with E-state index in [1.165, 1.54) is 0 Å². The number of hydrogen-bond donors (Lipinski definition) is 0. The highest BCUT2D eigenvalue weighted by atomic mass is 16.7. The van der Waals surface area contributed by atoms with Crippen LogP contribution in [-0.4, -0.2) is 72.0 Å². The number of ether oxygens (including phenoxy) is 6. The molecule has 0 radical (unpaired) electrons. The molecule has 5 aliphatic rings. The summed E-state index contributed by atoms with van der Waals surface area (Å²) in [5, 5.41) is 0. The molecule has 8 heteroatoms. The first-order valence-electron chi connectivity index (χ1n) is 10.1. The lowest BCUT2D eigenvalue weighted by atomic mass is 9.95. The van der Waals surface area contributed by atoms with Crippen molar-refractivity contribution in [1.29, 1.82) is 0 Å². The molecule has 28 heavy (non-hydrogen) atoms. The van der Waals surface area contributed by atoms with Gasteiger partial charge in [-0.2, -0.15) is 0 Å². The number of rotatable bonds is 0. The molecule has 5 heterocycles. The number of epoxide rings is 4.